The van der Waals surface area contributed by atoms with E-state index in [1.54, 1.807) is 23.3 Å². The van der Waals surface area contributed by atoms with Gasteiger partial charge in [0, 0.05) is 24.9 Å². The number of carbonyl (C=O) groups excluding carboxylic acids is 1. The van der Waals surface area contributed by atoms with Crippen molar-refractivity contribution in [3.8, 4) is 0 Å². The van der Waals surface area contributed by atoms with E-state index in [9.17, 15) is 9.90 Å². The first kappa shape index (κ1) is 16.7. The summed E-state index contributed by atoms with van der Waals surface area (Å²) in [7, 11) is 1.76. The fraction of sp³-hybridized carbons (Fsp3) is 0.765. The number of amides is 2. The second-order valence-electron chi connectivity index (χ2n) is 6.95. The lowest BCUT2D eigenvalue weighted by molar-refractivity contribution is 0.0248. The van der Waals surface area contributed by atoms with Gasteiger partial charge in [-0.05, 0) is 38.5 Å². The van der Waals surface area contributed by atoms with E-state index in [4.69, 9.17) is 4.98 Å². The van der Waals surface area contributed by atoms with Gasteiger partial charge in [-0.25, -0.2) is 9.78 Å². The highest BCUT2D eigenvalue weighted by atomic mass is 32.1. The molecule has 0 aromatic carbocycles. The molecular weight excluding hydrogens is 310 g/mol. The first-order chi connectivity index (χ1) is 11.1. The third-order valence-corrected chi connectivity index (χ3v) is 6.13. The molecule has 2 aliphatic rings. The Morgan fingerprint density at radius 2 is 2.04 bits per heavy atom. The molecule has 2 N–H and O–H groups in total. The number of carbonyl (C=O) groups is 1. The Kier molecular flexibility index (Phi) is 5.21. The van der Waals surface area contributed by atoms with Crippen molar-refractivity contribution in [2.75, 3.05) is 20.1 Å². The molecular formula is C17H27N3O2S. The molecule has 2 amide bonds. The largest absolute Gasteiger partial charge is 0.388 e. The predicted octanol–water partition coefficient (Wildman–Crippen LogP) is 2.51. The maximum Gasteiger partial charge on any atom is 0.317 e. The van der Waals surface area contributed by atoms with E-state index >= 15 is 0 Å². The molecule has 0 spiro atoms. The second-order valence-corrected chi connectivity index (χ2v) is 8.12. The maximum absolute atomic E-state index is 12.1. The first-order valence-electron chi connectivity index (χ1n) is 8.75. The van der Waals surface area contributed by atoms with Crippen LogP contribution in [0.3, 0.4) is 0 Å². The Morgan fingerprint density at radius 1 is 1.30 bits per heavy atom. The number of likely N-dealkylation sites (N-methyl/N-ethyl adjacent to an activating group) is 1. The van der Waals surface area contributed by atoms with Gasteiger partial charge in [0.25, 0.3) is 0 Å². The number of hydrogen-bond acceptors (Lipinski definition) is 4. The molecule has 0 aliphatic heterocycles. The molecule has 128 valence electrons. The van der Waals surface area contributed by atoms with Crippen molar-refractivity contribution >= 4 is 17.4 Å². The molecule has 1 aromatic rings. The van der Waals surface area contributed by atoms with Crippen LogP contribution < -0.4 is 5.32 Å². The van der Waals surface area contributed by atoms with E-state index in [0.717, 1.165) is 43.5 Å². The summed E-state index contributed by atoms with van der Waals surface area (Å²) in [6.07, 6.45) is 9.31. The van der Waals surface area contributed by atoms with Crippen molar-refractivity contribution in [2.24, 2.45) is 0 Å². The topological polar surface area (TPSA) is 65.5 Å². The molecule has 1 heterocycles. The molecule has 5 nitrogen and oxygen atoms in total. The van der Waals surface area contributed by atoms with Crippen LogP contribution in [0.4, 0.5) is 4.79 Å². The number of thiazole rings is 1. The van der Waals surface area contributed by atoms with E-state index in [0.29, 0.717) is 13.1 Å². The molecule has 1 aromatic heterocycles. The number of rotatable bonds is 5. The molecule has 0 radical (unpaired) electrons. The van der Waals surface area contributed by atoms with Gasteiger partial charge in [0.05, 0.1) is 22.8 Å². The average molecular weight is 337 g/mol. The zero-order chi connectivity index (χ0) is 16.3. The van der Waals surface area contributed by atoms with Crippen LogP contribution in [0.2, 0.25) is 0 Å². The summed E-state index contributed by atoms with van der Waals surface area (Å²) in [4.78, 5) is 19.9. The fourth-order valence-electron chi connectivity index (χ4n) is 3.63. The zero-order valence-electron chi connectivity index (χ0n) is 13.9. The maximum atomic E-state index is 12.1. The number of aromatic nitrogens is 1. The molecule has 3 rings (SSSR count). The Labute approximate surface area is 142 Å². The number of urea groups is 1. The van der Waals surface area contributed by atoms with Crippen molar-refractivity contribution in [1.82, 2.24) is 15.2 Å². The molecule has 2 aliphatic carbocycles. The summed E-state index contributed by atoms with van der Waals surface area (Å²) < 4.78 is 0. The molecule has 6 heteroatoms. The lowest BCUT2D eigenvalue weighted by atomic mass is 10.0. The van der Waals surface area contributed by atoms with Crippen LogP contribution in [0.1, 0.15) is 54.1 Å². The summed E-state index contributed by atoms with van der Waals surface area (Å²) in [5.41, 5.74) is 0.601. The Balaban J connectivity index is 1.42. The quantitative estimate of drug-likeness (QED) is 0.868. The Morgan fingerprint density at radius 3 is 2.78 bits per heavy atom. The van der Waals surface area contributed by atoms with Crippen LogP contribution in [0.25, 0.3) is 0 Å². The SMILES string of the molecule is CN(CC1(O)CCCC1)C(=O)NCCc1nc2c(s1)CCCC2. The summed E-state index contributed by atoms with van der Waals surface area (Å²) >= 11 is 1.80. The van der Waals surface area contributed by atoms with Gasteiger partial charge in [0.2, 0.25) is 0 Å². The standard InChI is InChI=1S/C17H27N3O2S/c1-20(12-17(22)9-4-5-10-17)16(21)18-11-8-15-19-13-6-2-3-7-14(13)23-15/h22H,2-12H2,1H3,(H,18,21). The summed E-state index contributed by atoms with van der Waals surface area (Å²) in [6, 6.07) is -0.105. The number of nitrogens with zero attached hydrogens (tertiary/aromatic N) is 2. The van der Waals surface area contributed by atoms with Gasteiger partial charge in [-0.1, -0.05) is 12.8 Å². The van der Waals surface area contributed by atoms with Crippen molar-refractivity contribution in [3.05, 3.63) is 15.6 Å². The molecule has 0 bridgehead atoms. The number of nitrogens with one attached hydrogen (secondary N) is 1. The van der Waals surface area contributed by atoms with E-state index in [-0.39, 0.29) is 6.03 Å². The summed E-state index contributed by atoms with van der Waals surface area (Å²) in [5.74, 6) is 0. The first-order valence-corrected chi connectivity index (χ1v) is 9.56. The molecule has 1 fully saturated rings. The van der Waals surface area contributed by atoms with Crippen LogP contribution in [0.5, 0.6) is 0 Å². The van der Waals surface area contributed by atoms with Crippen LogP contribution in [-0.2, 0) is 19.3 Å². The van der Waals surface area contributed by atoms with Gasteiger partial charge < -0.3 is 15.3 Å². The minimum atomic E-state index is -0.680. The van der Waals surface area contributed by atoms with Crippen LogP contribution in [0, 0.1) is 0 Å². The van der Waals surface area contributed by atoms with Gasteiger partial charge in [-0.3, -0.25) is 0 Å². The number of aryl methyl sites for hydroxylation is 2. The van der Waals surface area contributed by atoms with Gasteiger partial charge in [-0.2, -0.15) is 0 Å². The minimum Gasteiger partial charge on any atom is -0.388 e. The summed E-state index contributed by atoms with van der Waals surface area (Å²) in [5, 5.41) is 14.5. The smallest absolute Gasteiger partial charge is 0.317 e. The average Bonchev–Trinajstić information content (AvgIpc) is 3.12. The van der Waals surface area contributed by atoms with Crippen LogP contribution >= 0.6 is 11.3 Å². The fourth-order valence-corrected chi connectivity index (χ4v) is 4.78. The van der Waals surface area contributed by atoms with Crippen LogP contribution in [-0.4, -0.2) is 46.8 Å². The van der Waals surface area contributed by atoms with Crippen LogP contribution in [0.15, 0.2) is 0 Å². The third-order valence-electron chi connectivity index (χ3n) is 4.92. The lowest BCUT2D eigenvalue weighted by Gasteiger charge is -2.28. The lowest BCUT2D eigenvalue weighted by Crippen LogP contribution is -2.46. The zero-order valence-corrected chi connectivity index (χ0v) is 14.8. The third kappa shape index (κ3) is 4.23. The molecule has 23 heavy (non-hydrogen) atoms. The predicted molar refractivity (Wildman–Crippen MR) is 91.9 cm³/mol. The Bertz CT molecular complexity index is 529. The monoisotopic (exact) mass is 337 g/mol. The van der Waals surface area contributed by atoms with Crippen molar-refractivity contribution in [2.45, 2.75) is 63.4 Å². The Hall–Kier alpha value is -1.14. The van der Waals surface area contributed by atoms with Gasteiger partial charge >= 0.3 is 6.03 Å². The van der Waals surface area contributed by atoms with E-state index in [1.165, 1.54) is 29.8 Å². The molecule has 0 saturated heterocycles. The van der Waals surface area contributed by atoms with Crippen molar-refractivity contribution in [3.63, 3.8) is 0 Å². The van der Waals surface area contributed by atoms with Crippen molar-refractivity contribution in [1.29, 1.82) is 0 Å². The van der Waals surface area contributed by atoms with E-state index < -0.39 is 5.60 Å². The van der Waals surface area contributed by atoms with Gasteiger partial charge in [0.1, 0.15) is 0 Å². The summed E-state index contributed by atoms with van der Waals surface area (Å²) in [6.45, 7) is 1.03. The normalized spacial score (nSPS) is 19.4. The highest BCUT2D eigenvalue weighted by molar-refractivity contribution is 7.11. The van der Waals surface area contributed by atoms with E-state index in [2.05, 4.69) is 5.32 Å². The minimum absolute atomic E-state index is 0.105. The number of fused-ring (bicyclic) bond motifs is 1. The number of aliphatic hydroxyl groups is 1. The molecule has 1 saturated carbocycles. The highest BCUT2D eigenvalue weighted by Crippen LogP contribution is 2.30. The number of hydrogen-bond donors (Lipinski definition) is 2. The van der Waals surface area contributed by atoms with E-state index in [1.807, 2.05) is 0 Å². The highest BCUT2D eigenvalue weighted by Gasteiger charge is 2.33. The van der Waals surface area contributed by atoms with Crippen molar-refractivity contribution < 1.29 is 9.90 Å². The second kappa shape index (κ2) is 7.18. The molecule has 0 atom stereocenters. The van der Waals surface area contributed by atoms with Gasteiger partial charge in [0.15, 0.2) is 0 Å². The van der Waals surface area contributed by atoms with Gasteiger partial charge in [-0.15, -0.1) is 11.3 Å². The molecule has 0 unspecified atom stereocenters.